The van der Waals surface area contributed by atoms with Gasteiger partial charge in [-0.3, -0.25) is 4.79 Å². The molecule has 2 aliphatic carbocycles. The quantitative estimate of drug-likeness (QED) is 0.770. The Morgan fingerprint density at radius 3 is 2.65 bits per heavy atom. The predicted octanol–water partition coefficient (Wildman–Crippen LogP) is 2.07. The zero-order valence-corrected chi connectivity index (χ0v) is 11.2. The Morgan fingerprint density at radius 2 is 2.00 bits per heavy atom. The highest BCUT2D eigenvalue weighted by atomic mass is 16.1. The number of hydrogen-bond acceptors (Lipinski definition) is 2. The zero-order chi connectivity index (χ0) is 12.3. The Balaban J connectivity index is 1.66. The third-order valence-corrected chi connectivity index (χ3v) is 4.30. The molecule has 0 bridgehead atoms. The molecule has 0 saturated heterocycles. The van der Waals surface area contributed by atoms with E-state index in [2.05, 4.69) is 24.5 Å². The highest BCUT2D eigenvalue weighted by Gasteiger charge is 2.32. The lowest BCUT2D eigenvalue weighted by atomic mass is 9.73. The average molecular weight is 238 g/mol. The summed E-state index contributed by atoms with van der Waals surface area (Å²) in [6.45, 7) is 5.99. The molecule has 3 heteroatoms. The van der Waals surface area contributed by atoms with Crippen molar-refractivity contribution >= 4 is 5.91 Å². The Morgan fingerprint density at radius 1 is 1.24 bits per heavy atom. The van der Waals surface area contributed by atoms with Gasteiger partial charge in [-0.15, -0.1) is 0 Å². The Bertz CT molecular complexity index is 271. The average Bonchev–Trinajstić information content (AvgIpc) is 3.08. The molecule has 0 aromatic heterocycles. The second-order valence-electron chi connectivity index (χ2n) is 6.42. The van der Waals surface area contributed by atoms with Gasteiger partial charge in [-0.05, 0) is 37.0 Å². The minimum Gasteiger partial charge on any atom is -0.355 e. The largest absolute Gasteiger partial charge is 0.355 e. The van der Waals surface area contributed by atoms with Crippen LogP contribution < -0.4 is 10.6 Å². The maximum atomic E-state index is 11.7. The molecule has 98 valence electrons. The van der Waals surface area contributed by atoms with E-state index < -0.39 is 0 Å². The van der Waals surface area contributed by atoms with Crippen LogP contribution in [0.3, 0.4) is 0 Å². The standard InChI is InChI=1S/C14H26N2O/c1-14(2)8-4-3-5-12(14)15-10-13(17)16-9-11-6-7-11/h11-12,15H,3-10H2,1-2H3,(H,16,17). The highest BCUT2D eigenvalue weighted by Crippen LogP contribution is 2.35. The van der Waals surface area contributed by atoms with Crippen LogP contribution in [-0.4, -0.2) is 25.0 Å². The maximum Gasteiger partial charge on any atom is 0.233 e. The SMILES string of the molecule is CC1(C)CCCCC1NCC(=O)NCC1CC1. The minimum atomic E-state index is 0.165. The summed E-state index contributed by atoms with van der Waals surface area (Å²) >= 11 is 0. The van der Waals surface area contributed by atoms with Gasteiger partial charge in [-0.25, -0.2) is 0 Å². The van der Waals surface area contributed by atoms with Gasteiger partial charge in [0.25, 0.3) is 0 Å². The van der Waals surface area contributed by atoms with Crippen LogP contribution in [-0.2, 0) is 4.79 Å². The molecule has 0 aromatic rings. The first-order valence-electron chi connectivity index (χ1n) is 7.08. The second kappa shape index (κ2) is 5.38. The molecular weight excluding hydrogens is 212 g/mol. The van der Waals surface area contributed by atoms with Crippen LogP contribution in [0.5, 0.6) is 0 Å². The summed E-state index contributed by atoms with van der Waals surface area (Å²) < 4.78 is 0. The van der Waals surface area contributed by atoms with Crippen LogP contribution in [0, 0.1) is 11.3 Å². The van der Waals surface area contributed by atoms with E-state index >= 15 is 0 Å². The van der Waals surface area contributed by atoms with Gasteiger partial charge in [0.15, 0.2) is 0 Å². The van der Waals surface area contributed by atoms with E-state index in [9.17, 15) is 4.79 Å². The van der Waals surface area contributed by atoms with Crippen molar-refractivity contribution in [2.75, 3.05) is 13.1 Å². The lowest BCUT2D eigenvalue weighted by Crippen LogP contribution is -2.48. The van der Waals surface area contributed by atoms with Crippen molar-refractivity contribution < 1.29 is 4.79 Å². The fourth-order valence-electron chi connectivity index (χ4n) is 2.73. The highest BCUT2D eigenvalue weighted by molar-refractivity contribution is 5.78. The van der Waals surface area contributed by atoms with E-state index in [1.54, 1.807) is 0 Å². The van der Waals surface area contributed by atoms with Crippen molar-refractivity contribution in [1.29, 1.82) is 0 Å². The summed E-state index contributed by atoms with van der Waals surface area (Å²) in [5.74, 6) is 0.934. The summed E-state index contributed by atoms with van der Waals surface area (Å²) in [7, 11) is 0. The molecule has 17 heavy (non-hydrogen) atoms. The molecule has 0 aromatic carbocycles. The van der Waals surface area contributed by atoms with Gasteiger partial charge in [-0.2, -0.15) is 0 Å². The molecule has 0 heterocycles. The summed E-state index contributed by atoms with van der Waals surface area (Å²) in [6, 6.07) is 0.503. The topological polar surface area (TPSA) is 41.1 Å². The van der Waals surface area contributed by atoms with Crippen molar-refractivity contribution in [2.45, 2.75) is 58.4 Å². The van der Waals surface area contributed by atoms with Crippen LogP contribution >= 0.6 is 0 Å². The fraction of sp³-hybridized carbons (Fsp3) is 0.929. The third kappa shape index (κ3) is 3.98. The maximum absolute atomic E-state index is 11.7. The van der Waals surface area contributed by atoms with Gasteiger partial charge in [-0.1, -0.05) is 26.7 Å². The normalized spacial score (nSPS) is 27.8. The minimum absolute atomic E-state index is 0.165. The van der Waals surface area contributed by atoms with E-state index in [-0.39, 0.29) is 5.91 Å². The second-order valence-corrected chi connectivity index (χ2v) is 6.42. The van der Waals surface area contributed by atoms with Gasteiger partial charge in [0, 0.05) is 12.6 Å². The number of hydrogen-bond donors (Lipinski definition) is 2. The number of carbonyl (C=O) groups excluding carboxylic acids is 1. The number of nitrogens with one attached hydrogen (secondary N) is 2. The summed E-state index contributed by atoms with van der Waals surface area (Å²) in [4.78, 5) is 11.7. The summed E-state index contributed by atoms with van der Waals surface area (Å²) in [5.41, 5.74) is 0.342. The molecule has 1 atom stereocenters. The molecule has 2 fully saturated rings. The van der Waals surface area contributed by atoms with Crippen LogP contribution in [0.1, 0.15) is 52.4 Å². The molecule has 2 rings (SSSR count). The first kappa shape index (κ1) is 12.9. The molecule has 0 radical (unpaired) electrons. The van der Waals surface area contributed by atoms with Crippen LogP contribution in [0.15, 0.2) is 0 Å². The Kier molecular flexibility index (Phi) is 4.08. The molecule has 1 amide bonds. The smallest absolute Gasteiger partial charge is 0.233 e. The molecule has 0 spiro atoms. The van der Waals surface area contributed by atoms with Crippen molar-refractivity contribution in [3.8, 4) is 0 Å². The fourth-order valence-corrected chi connectivity index (χ4v) is 2.73. The molecular formula is C14H26N2O. The third-order valence-electron chi connectivity index (χ3n) is 4.30. The number of amides is 1. The van der Waals surface area contributed by atoms with Gasteiger partial charge >= 0.3 is 0 Å². The molecule has 1 unspecified atom stereocenters. The van der Waals surface area contributed by atoms with Crippen molar-refractivity contribution in [3.63, 3.8) is 0 Å². The van der Waals surface area contributed by atoms with Crippen molar-refractivity contribution in [1.82, 2.24) is 10.6 Å². The molecule has 2 N–H and O–H groups in total. The summed E-state index contributed by atoms with van der Waals surface area (Å²) in [5, 5.41) is 6.45. The summed E-state index contributed by atoms with van der Waals surface area (Å²) in [6.07, 6.45) is 7.70. The number of carbonyl (C=O) groups is 1. The lowest BCUT2D eigenvalue weighted by molar-refractivity contribution is -0.120. The van der Waals surface area contributed by atoms with E-state index in [1.807, 2.05) is 0 Å². The van der Waals surface area contributed by atoms with Crippen LogP contribution in [0.25, 0.3) is 0 Å². The predicted molar refractivity (Wildman–Crippen MR) is 69.8 cm³/mol. The Hall–Kier alpha value is -0.570. The van der Waals surface area contributed by atoms with Gasteiger partial charge in [0.2, 0.25) is 5.91 Å². The first-order valence-corrected chi connectivity index (χ1v) is 7.08. The van der Waals surface area contributed by atoms with Crippen LogP contribution in [0.4, 0.5) is 0 Å². The van der Waals surface area contributed by atoms with Gasteiger partial charge in [0.1, 0.15) is 0 Å². The molecule has 0 aliphatic heterocycles. The lowest BCUT2D eigenvalue weighted by Gasteiger charge is -2.39. The monoisotopic (exact) mass is 238 g/mol. The van der Waals surface area contributed by atoms with E-state index in [4.69, 9.17) is 0 Å². The van der Waals surface area contributed by atoms with Crippen molar-refractivity contribution in [3.05, 3.63) is 0 Å². The zero-order valence-electron chi connectivity index (χ0n) is 11.2. The first-order chi connectivity index (χ1) is 8.08. The van der Waals surface area contributed by atoms with E-state index in [0.29, 0.717) is 18.0 Å². The van der Waals surface area contributed by atoms with Crippen molar-refractivity contribution in [2.24, 2.45) is 11.3 Å². The van der Waals surface area contributed by atoms with Gasteiger partial charge < -0.3 is 10.6 Å². The number of rotatable bonds is 5. The molecule has 3 nitrogen and oxygen atoms in total. The molecule has 2 saturated carbocycles. The van der Waals surface area contributed by atoms with E-state index in [1.165, 1.54) is 38.5 Å². The van der Waals surface area contributed by atoms with Crippen LogP contribution in [0.2, 0.25) is 0 Å². The van der Waals surface area contributed by atoms with Gasteiger partial charge in [0.05, 0.1) is 6.54 Å². The van der Waals surface area contributed by atoms with E-state index in [0.717, 1.165) is 12.5 Å². The Labute approximate surface area is 105 Å². The molecule has 2 aliphatic rings.